The number of benzene rings is 3. The van der Waals surface area contributed by atoms with Gasteiger partial charge in [0.2, 0.25) is 5.13 Å². The maximum atomic E-state index is 13.5. The Hall–Kier alpha value is -3.08. The zero-order chi connectivity index (χ0) is 29.8. The van der Waals surface area contributed by atoms with Crippen LogP contribution >= 0.6 is 57.9 Å². The minimum atomic E-state index is -1.02. The summed E-state index contributed by atoms with van der Waals surface area (Å²) in [5.74, 6) is -0.845. The maximum absolute atomic E-state index is 13.5. The largest absolute Gasteiger partial charge is 0.507 e. The van der Waals surface area contributed by atoms with Crippen LogP contribution in [0, 0.1) is 0 Å². The van der Waals surface area contributed by atoms with Gasteiger partial charge in [-0.15, -0.1) is 10.2 Å². The van der Waals surface area contributed by atoms with E-state index in [0.29, 0.717) is 43.6 Å². The molecule has 1 fully saturated rings. The van der Waals surface area contributed by atoms with Crippen LogP contribution in [0.5, 0.6) is 5.75 Å². The summed E-state index contributed by atoms with van der Waals surface area (Å²) in [4.78, 5) is 28.2. The smallest absolute Gasteiger partial charge is 0.301 e. The molecular formula is C30H24Cl3N3O4S2. The van der Waals surface area contributed by atoms with Crippen molar-refractivity contribution in [3.8, 4) is 5.75 Å². The lowest BCUT2D eigenvalue weighted by molar-refractivity contribution is -0.132. The first-order chi connectivity index (χ1) is 20.3. The number of anilines is 1. The monoisotopic (exact) mass is 659 g/mol. The molecule has 216 valence electrons. The van der Waals surface area contributed by atoms with Crippen molar-refractivity contribution in [3.05, 3.63) is 104 Å². The molecule has 1 saturated heterocycles. The highest BCUT2D eigenvalue weighted by atomic mass is 35.5. The zero-order valence-corrected chi connectivity index (χ0v) is 26.1. The highest BCUT2D eigenvalue weighted by molar-refractivity contribution is 8.00. The third kappa shape index (κ3) is 6.45. The fourth-order valence-electron chi connectivity index (χ4n) is 4.34. The molecule has 2 heterocycles. The van der Waals surface area contributed by atoms with Gasteiger partial charge in [0, 0.05) is 16.3 Å². The number of ether oxygens (including phenoxy) is 1. The van der Waals surface area contributed by atoms with Crippen LogP contribution < -0.4 is 9.64 Å². The molecule has 0 aliphatic carbocycles. The van der Waals surface area contributed by atoms with Crippen molar-refractivity contribution in [1.29, 1.82) is 0 Å². The Balaban J connectivity index is 1.51. The summed E-state index contributed by atoms with van der Waals surface area (Å²) in [5.41, 5.74) is 1.66. The molecule has 1 aromatic heterocycles. The Bertz CT molecular complexity index is 1660. The van der Waals surface area contributed by atoms with Crippen molar-refractivity contribution in [1.82, 2.24) is 10.2 Å². The molecule has 5 rings (SSSR count). The van der Waals surface area contributed by atoms with Gasteiger partial charge in [0.25, 0.3) is 5.78 Å². The van der Waals surface area contributed by atoms with E-state index in [-0.39, 0.29) is 21.5 Å². The molecule has 1 unspecified atom stereocenters. The number of carbonyl (C=O) groups excluding carboxylic acids is 2. The number of nitrogens with zero attached hydrogens (tertiary/aromatic N) is 3. The summed E-state index contributed by atoms with van der Waals surface area (Å²) in [6.45, 7) is 2.65. The van der Waals surface area contributed by atoms with Crippen LogP contribution in [-0.2, 0) is 15.3 Å². The van der Waals surface area contributed by atoms with Crippen LogP contribution in [0.2, 0.25) is 15.1 Å². The third-order valence-electron chi connectivity index (χ3n) is 6.51. The standard InChI is InChI=1S/C30H24Cl3N3O4S2/c1-2-3-14-40-20-11-8-17(9-12-20)26(37)24-25(18-10-13-22(32)23(33)15-18)36(28(39)27(24)38)29-34-35-30(42-29)41-16-19-6-4-5-7-21(19)31/h4-13,15,25,37H,2-3,14,16H2,1H3/b26-24+. The topological polar surface area (TPSA) is 92.6 Å². The molecule has 1 atom stereocenters. The Morgan fingerprint density at radius 3 is 2.48 bits per heavy atom. The van der Waals surface area contributed by atoms with Gasteiger partial charge in [0.15, 0.2) is 4.34 Å². The number of amides is 1. The number of ketones is 1. The molecule has 0 saturated carbocycles. The van der Waals surface area contributed by atoms with Crippen molar-refractivity contribution in [2.24, 2.45) is 0 Å². The molecule has 1 aliphatic rings. The van der Waals surface area contributed by atoms with E-state index in [1.165, 1.54) is 16.7 Å². The van der Waals surface area contributed by atoms with E-state index in [2.05, 4.69) is 17.1 Å². The van der Waals surface area contributed by atoms with Crippen LogP contribution in [0.1, 0.15) is 42.5 Å². The van der Waals surface area contributed by atoms with Crippen molar-refractivity contribution in [2.45, 2.75) is 35.9 Å². The summed E-state index contributed by atoms with van der Waals surface area (Å²) >= 11 is 21.4. The Morgan fingerprint density at radius 1 is 1.00 bits per heavy atom. The van der Waals surface area contributed by atoms with Gasteiger partial charge in [-0.25, -0.2) is 0 Å². The molecule has 0 spiro atoms. The molecular weight excluding hydrogens is 637 g/mol. The molecule has 4 aromatic rings. The average Bonchev–Trinajstić information content (AvgIpc) is 3.56. The normalized spacial score (nSPS) is 16.3. The van der Waals surface area contributed by atoms with Crippen molar-refractivity contribution >= 4 is 80.5 Å². The van der Waals surface area contributed by atoms with E-state index >= 15 is 0 Å². The van der Waals surface area contributed by atoms with Crippen LogP contribution in [0.4, 0.5) is 5.13 Å². The molecule has 7 nitrogen and oxygen atoms in total. The molecule has 1 amide bonds. The van der Waals surface area contributed by atoms with Gasteiger partial charge < -0.3 is 9.84 Å². The molecule has 3 aromatic carbocycles. The Kier molecular flexibility index (Phi) is 9.75. The van der Waals surface area contributed by atoms with E-state index in [1.54, 1.807) is 42.5 Å². The number of aliphatic hydroxyl groups is 1. The molecule has 0 bridgehead atoms. The van der Waals surface area contributed by atoms with Crippen molar-refractivity contribution in [3.63, 3.8) is 0 Å². The van der Waals surface area contributed by atoms with Gasteiger partial charge in [0.05, 0.1) is 28.3 Å². The van der Waals surface area contributed by atoms with Gasteiger partial charge in [-0.3, -0.25) is 14.5 Å². The van der Waals surface area contributed by atoms with Gasteiger partial charge in [0.1, 0.15) is 11.5 Å². The number of unbranched alkanes of at least 4 members (excludes halogenated alkanes) is 1. The van der Waals surface area contributed by atoms with Gasteiger partial charge >= 0.3 is 5.91 Å². The molecule has 1 aliphatic heterocycles. The summed E-state index contributed by atoms with van der Waals surface area (Å²) in [6, 6.07) is 18.0. The predicted molar refractivity (Wildman–Crippen MR) is 169 cm³/mol. The second-order valence-electron chi connectivity index (χ2n) is 9.30. The second kappa shape index (κ2) is 13.5. The Morgan fingerprint density at radius 2 is 1.76 bits per heavy atom. The van der Waals surface area contributed by atoms with Crippen molar-refractivity contribution < 1.29 is 19.4 Å². The number of aliphatic hydroxyl groups excluding tert-OH is 1. The van der Waals surface area contributed by atoms with E-state index in [9.17, 15) is 14.7 Å². The maximum Gasteiger partial charge on any atom is 0.301 e. The molecule has 0 radical (unpaired) electrons. The van der Waals surface area contributed by atoms with E-state index in [1.807, 2.05) is 24.3 Å². The van der Waals surface area contributed by atoms with E-state index in [0.717, 1.165) is 29.7 Å². The van der Waals surface area contributed by atoms with Crippen LogP contribution in [0.3, 0.4) is 0 Å². The minimum Gasteiger partial charge on any atom is -0.507 e. The molecule has 42 heavy (non-hydrogen) atoms. The SMILES string of the molecule is CCCCOc1ccc(/C(O)=C2\C(=O)C(=O)N(c3nnc(SCc4ccccc4Cl)s3)C2c2ccc(Cl)c(Cl)c2)cc1. The third-order valence-corrected chi connectivity index (χ3v) is 9.72. The number of hydrogen-bond donors (Lipinski definition) is 1. The first-order valence-electron chi connectivity index (χ1n) is 13.0. The fourth-order valence-corrected chi connectivity index (χ4v) is 6.80. The number of rotatable bonds is 10. The summed E-state index contributed by atoms with van der Waals surface area (Å²) in [7, 11) is 0. The van der Waals surface area contributed by atoms with Crippen LogP contribution in [-0.4, -0.2) is 33.6 Å². The fraction of sp³-hybridized carbons (Fsp3) is 0.200. The highest BCUT2D eigenvalue weighted by Crippen LogP contribution is 2.45. The summed E-state index contributed by atoms with van der Waals surface area (Å²) < 4.78 is 6.30. The first-order valence-corrected chi connectivity index (χ1v) is 15.9. The first kappa shape index (κ1) is 30.4. The zero-order valence-electron chi connectivity index (χ0n) is 22.2. The summed E-state index contributed by atoms with van der Waals surface area (Å²) in [5, 5.41) is 21.3. The predicted octanol–water partition coefficient (Wildman–Crippen LogP) is 8.60. The van der Waals surface area contributed by atoms with Gasteiger partial charge in [-0.2, -0.15) is 0 Å². The number of carbonyl (C=O) groups is 2. The molecule has 1 N–H and O–H groups in total. The lowest BCUT2D eigenvalue weighted by atomic mass is 9.95. The van der Waals surface area contributed by atoms with Crippen molar-refractivity contribution in [2.75, 3.05) is 11.5 Å². The Labute approximate surface area is 266 Å². The number of hydrogen-bond acceptors (Lipinski definition) is 8. The van der Waals surface area contributed by atoms with Crippen LogP contribution in [0.25, 0.3) is 5.76 Å². The van der Waals surface area contributed by atoms with E-state index in [4.69, 9.17) is 39.5 Å². The lowest BCUT2D eigenvalue weighted by Gasteiger charge is -2.23. The number of thioether (sulfide) groups is 1. The number of halogens is 3. The van der Waals surface area contributed by atoms with Gasteiger partial charge in [-0.05, 0) is 60.0 Å². The molecule has 12 heteroatoms. The second-order valence-corrected chi connectivity index (χ2v) is 12.7. The summed E-state index contributed by atoms with van der Waals surface area (Å²) in [6.07, 6.45) is 1.92. The highest BCUT2D eigenvalue weighted by Gasteiger charge is 2.48. The van der Waals surface area contributed by atoms with Gasteiger partial charge in [-0.1, -0.05) is 95.5 Å². The number of Topliss-reactive ketones (excluding diaryl/α,β-unsaturated/α-hetero) is 1. The lowest BCUT2D eigenvalue weighted by Crippen LogP contribution is -2.29. The average molecular weight is 661 g/mol. The van der Waals surface area contributed by atoms with E-state index < -0.39 is 17.7 Å². The quantitative estimate of drug-likeness (QED) is 0.0455. The van der Waals surface area contributed by atoms with Crippen LogP contribution in [0.15, 0.2) is 76.6 Å². The minimum absolute atomic E-state index is 0.0986. The number of aromatic nitrogens is 2.